The van der Waals surface area contributed by atoms with E-state index in [4.69, 9.17) is 11.6 Å². The van der Waals surface area contributed by atoms with Crippen LogP contribution in [0, 0.1) is 11.8 Å². The van der Waals surface area contributed by atoms with Crippen LogP contribution in [0.25, 0.3) is 0 Å². The Balaban J connectivity index is 1.57. The van der Waals surface area contributed by atoms with Gasteiger partial charge in [-0.05, 0) is 43.0 Å². The summed E-state index contributed by atoms with van der Waals surface area (Å²) >= 11 is 6.08. The van der Waals surface area contributed by atoms with E-state index in [1.165, 1.54) is 12.1 Å². The Bertz CT molecular complexity index is 1060. The fraction of sp³-hybridized carbons (Fsp3) is 0.421. The second-order valence-corrected chi connectivity index (χ2v) is 10.2. The van der Waals surface area contributed by atoms with Crippen molar-refractivity contribution in [2.75, 3.05) is 0 Å². The third-order valence-corrected chi connectivity index (χ3v) is 8.65. The predicted molar refractivity (Wildman–Crippen MR) is 99.0 cm³/mol. The number of benzene rings is 1. The second kappa shape index (κ2) is 7.14. The minimum atomic E-state index is -3.88. The number of amides is 1. The predicted octanol–water partition coefficient (Wildman–Crippen LogP) is 3.39. The minimum absolute atomic E-state index is 0.0404. The van der Waals surface area contributed by atoms with Crippen molar-refractivity contribution in [2.24, 2.45) is 11.8 Å². The van der Waals surface area contributed by atoms with Gasteiger partial charge >= 0.3 is 0 Å². The van der Waals surface area contributed by atoms with Crippen LogP contribution in [0.2, 0.25) is 5.02 Å². The third kappa shape index (κ3) is 3.39. The minimum Gasteiger partial charge on any atom is -0.393 e. The SMILES string of the molecule is O=C(NC1C=C(F)C(F)=C(F)C1)c1ccc(Cl)c(S(=O)(=O)[C@H]2CC3CC2[C@@H]3O)c1. The van der Waals surface area contributed by atoms with Crippen molar-refractivity contribution in [3.63, 3.8) is 0 Å². The fourth-order valence-corrected chi connectivity index (χ4v) is 6.94. The molecule has 1 aromatic carbocycles. The highest BCUT2D eigenvalue weighted by Gasteiger charge is 2.57. The lowest BCUT2D eigenvalue weighted by atomic mass is 9.81. The number of rotatable bonds is 4. The molecule has 3 fully saturated rings. The van der Waals surface area contributed by atoms with Crippen molar-refractivity contribution in [3.05, 3.63) is 52.3 Å². The molecule has 0 saturated heterocycles. The molecule has 0 aliphatic heterocycles. The molecule has 1 aromatic rings. The fourth-order valence-electron chi connectivity index (χ4n) is 4.31. The van der Waals surface area contributed by atoms with Crippen LogP contribution in [0.3, 0.4) is 0 Å². The summed E-state index contributed by atoms with van der Waals surface area (Å²) < 4.78 is 65.9. The quantitative estimate of drug-likeness (QED) is 0.741. The Kier molecular flexibility index (Phi) is 5.03. The van der Waals surface area contributed by atoms with Gasteiger partial charge in [0.15, 0.2) is 21.5 Å². The first kappa shape index (κ1) is 20.4. The normalized spacial score (nSPS) is 31.3. The zero-order chi connectivity index (χ0) is 21.1. The van der Waals surface area contributed by atoms with Crippen molar-refractivity contribution in [1.82, 2.24) is 5.32 Å². The molecule has 29 heavy (non-hydrogen) atoms. The summed E-state index contributed by atoms with van der Waals surface area (Å²) in [5, 5.41) is 11.4. The summed E-state index contributed by atoms with van der Waals surface area (Å²) in [4.78, 5) is 12.2. The van der Waals surface area contributed by atoms with Crippen LogP contribution in [0.4, 0.5) is 13.2 Å². The molecule has 2 N–H and O–H groups in total. The van der Waals surface area contributed by atoms with Gasteiger partial charge in [0.05, 0.1) is 27.3 Å². The second-order valence-electron chi connectivity index (χ2n) is 7.63. The number of halogens is 4. The van der Waals surface area contributed by atoms with Gasteiger partial charge in [0.25, 0.3) is 5.91 Å². The van der Waals surface area contributed by atoms with Crippen LogP contribution in [0.5, 0.6) is 0 Å². The van der Waals surface area contributed by atoms with E-state index in [1.807, 2.05) is 0 Å². The number of aliphatic hydroxyl groups excluding tert-OH is 1. The molecule has 0 radical (unpaired) electrons. The van der Waals surface area contributed by atoms with E-state index in [1.54, 1.807) is 0 Å². The molecule has 3 saturated carbocycles. The summed E-state index contributed by atoms with van der Waals surface area (Å²) in [6, 6.07) is 2.55. The molecule has 0 heterocycles. The molecule has 4 aliphatic carbocycles. The highest BCUT2D eigenvalue weighted by molar-refractivity contribution is 7.92. The van der Waals surface area contributed by atoms with Crippen molar-refractivity contribution in [2.45, 2.75) is 41.6 Å². The third-order valence-electron chi connectivity index (χ3n) is 5.92. The lowest BCUT2D eigenvalue weighted by molar-refractivity contribution is 0.00996. The van der Waals surface area contributed by atoms with Gasteiger partial charge in [-0.2, -0.15) is 0 Å². The topological polar surface area (TPSA) is 83.5 Å². The van der Waals surface area contributed by atoms with Gasteiger partial charge in [-0.15, -0.1) is 0 Å². The number of fused-ring (bicyclic) bond motifs is 1. The molecular formula is C19H17ClF3NO4S. The number of nitrogens with one attached hydrogen (secondary N) is 1. The molecular weight excluding hydrogens is 431 g/mol. The monoisotopic (exact) mass is 447 g/mol. The van der Waals surface area contributed by atoms with Gasteiger partial charge < -0.3 is 10.4 Å². The average Bonchev–Trinajstić information content (AvgIpc) is 3.26. The first-order chi connectivity index (χ1) is 13.6. The molecule has 4 aliphatic rings. The zero-order valence-corrected chi connectivity index (χ0v) is 16.5. The summed E-state index contributed by atoms with van der Waals surface area (Å²) in [5.74, 6) is -5.48. The van der Waals surface area contributed by atoms with E-state index in [-0.39, 0.29) is 27.3 Å². The number of carbonyl (C=O) groups excluding carboxylic acids is 1. The van der Waals surface area contributed by atoms with E-state index in [0.717, 1.165) is 12.1 Å². The molecule has 156 valence electrons. The Morgan fingerprint density at radius 2 is 1.93 bits per heavy atom. The number of hydrogen-bond donors (Lipinski definition) is 2. The van der Waals surface area contributed by atoms with Crippen LogP contribution in [0.15, 0.2) is 46.7 Å². The van der Waals surface area contributed by atoms with Gasteiger partial charge in [0.1, 0.15) is 5.83 Å². The summed E-state index contributed by atoms with van der Waals surface area (Å²) in [6.45, 7) is 0. The maximum atomic E-state index is 13.4. The van der Waals surface area contributed by atoms with Crippen LogP contribution < -0.4 is 5.32 Å². The Labute approximate surface area is 170 Å². The average molecular weight is 448 g/mol. The van der Waals surface area contributed by atoms with Gasteiger partial charge in [-0.25, -0.2) is 21.6 Å². The maximum absolute atomic E-state index is 13.4. The first-order valence-electron chi connectivity index (χ1n) is 9.03. The number of allylic oxidation sites excluding steroid dienone is 2. The maximum Gasteiger partial charge on any atom is 0.251 e. The van der Waals surface area contributed by atoms with Gasteiger partial charge in [-0.1, -0.05) is 11.6 Å². The standard InChI is InChI=1S/C19H17ClF3NO4S/c20-12-2-1-8(19(26)24-10-6-13(21)17(23)14(22)7-10)4-16(12)29(27,28)15-5-9-3-11(15)18(9)25/h1-2,4,6,9-11,15,18,25H,3,5,7H2,(H,24,26)/t9?,10?,11?,15-,18+/m0/s1. The molecule has 5 atom stereocenters. The van der Waals surface area contributed by atoms with E-state index < -0.39 is 57.0 Å². The molecule has 5 nitrogen and oxygen atoms in total. The van der Waals surface area contributed by atoms with E-state index in [9.17, 15) is 31.5 Å². The molecule has 1 amide bonds. The smallest absolute Gasteiger partial charge is 0.251 e. The Hall–Kier alpha value is -1.84. The molecule has 0 spiro atoms. The van der Waals surface area contributed by atoms with Crippen LogP contribution in [-0.4, -0.2) is 36.8 Å². The van der Waals surface area contributed by atoms with E-state index >= 15 is 0 Å². The number of carbonyl (C=O) groups is 1. The summed E-state index contributed by atoms with van der Waals surface area (Å²) in [7, 11) is -3.88. The van der Waals surface area contributed by atoms with Crippen molar-refractivity contribution >= 4 is 27.3 Å². The molecule has 0 aromatic heterocycles. The van der Waals surface area contributed by atoms with Gasteiger partial charge in [0.2, 0.25) is 0 Å². The molecule has 10 heteroatoms. The van der Waals surface area contributed by atoms with Gasteiger partial charge in [-0.3, -0.25) is 4.79 Å². The lowest BCUT2D eigenvalue weighted by Crippen LogP contribution is -2.38. The Morgan fingerprint density at radius 1 is 1.21 bits per heavy atom. The van der Waals surface area contributed by atoms with Gasteiger partial charge in [0, 0.05) is 17.9 Å². The summed E-state index contributed by atoms with van der Waals surface area (Å²) in [5.41, 5.74) is -0.0666. The highest BCUT2D eigenvalue weighted by Crippen LogP contribution is 2.53. The molecule has 3 unspecified atom stereocenters. The number of sulfone groups is 1. The first-order valence-corrected chi connectivity index (χ1v) is 11.0. The van der Waals surface area contributed by atoms with Crippen molar-refractivity contribution in [1.29, 1.82) is 0 Å². The zero-order valence-electron chi connectivity index (χ0n) is 14.9. The van der Waals surface area contributed by atoms with Crippen molar-refractivity contribution < 1.29 is 31.5 Å². The number of hydrogen-bond acceptors (Lipinski definition) is 4. The lowest BCUT2D eigenvalue weighted by Gasteiger charge is -2.32. The van der Waals surface area contributed by atoms with Crippen LogP contribution >= 0.6 is 11.6 Å². The molecule has 5 rings (SSSR count). The largest absolute Gasteiger partial charge is 0.393 e. The summed E-state index contributed by atoms with van der Waals surface area (Å²) in [6.07, 6.45) is 0.530. The van der Waals surface area contributed by atoms with Crippen LogP contribution in [0.1, 0.15) is 29.6 Å². The van der Waals surface area contributed by atoms with E-state index in [0.29, 0.717) is 12.8 Å². The van der Waals surface area contributed by atoms with Crippen LogP contribution in [-0.2, 0) is 9.84 Å². The van der Waals surface area contributed by atoms with E-state index in [2.05, 4.69) is 5.32 Å². The molecule has 2 bridgehead atoms. The number of aliphatic hydroxyl groups is 1. The van der Waals surface area contributed by atoms with Crippen molar-refractivity contribution in [3.8, 4) is 0 Å². The highest BCUT2D eigenvalue weighted by atomic mass is 35.5. The Morgan fingerprint density at radius 3 is 2.52 bits per heavy atom.